The van der Waals surface area contributed by atoms with Crippen LogP contribution < -0.4 is 9.64 Å². The van der Waals surface area contributed by atoms with Gasteiger partial charge in [-0.05, 0) is 25.0 Å². The van der Waals surface area contributed by atoms with Gasteiger partial charge in [0.05, 0.1) is 17.9 Å². The Balaban J connectivity index is 1.55. The molecule has 1 atom stereocenters. The van der Waals surface area contributed by atoms with E-state index in [1.165, 1.54) is 24.5 Å². The standard InChI is InChI=1S/C17H16F3N5O/c18-17(19,20)12-5-1-2-6-13(12)26-8-11-4-3-7-25(11)16-14-15(22-9-21-14)23-10-24-16/h1-2,5-6,9-11H,3-4,7-8H2,(H,21,22,23,24). The molecule has 1 aliphatic heterocycles. The number of nitrogens with zero attached hydrogens (tertiary/aromatic N) is 4. The van der Waals surface area contributed by atoms with Crippen molar-refractivity contribution in [3.8, 4) is 5.75 Å². The third-order valence-corrected chi connectivity index (χ3v) is 4.47. The van der Waals surface area contributed by atoms with Crippen molar-refractivity contribution in [3.63, 3.8) is 0 Å². The highest BCUT2D eigenvalue weighted by Gasteiger charge is 2.35. The molecule has 2 aromatic heterocycles. The van der Waals surface area contributed by atoms with Crippen LogP contribution in [0.15, 0.2) is 36.9 Å². The van der Waals surface area contributed by atoms with Crippen LogP contribution in [0.1, 0.15) is 18.4 Å². The van der Waals surface area contributed by atoms with E-state index in [0.717, 1.165) is 25.5 Å². The zero-order valence-electron chi connectivity index (χ0n) is 13.7. The van der Waals surface area contributed by atoms with Crippen molar-refractivity contribution in [1.29, 1.82) is 0 Å². The molecular formula is C17H16F3N5O. The first-order valence-corrected chi connectivity index (χ1v) is 8.24. The average Bonchev–Trinajstić information content (AvgIpc) is 3.28. The van der Waals surface area contributed by atoms with Crippen LogP contribution in [0.5, 0.6) is 5.75 Å². The molecule has 0 bridgehead atoms. The Hall–Kier alpha value is -2.84. The predicted octanol–water partition coefficient (Wildman–Crippen LogP) is 3.42. The molecule has 9 heteroatoms. The topological polar surface area (TPSA) is 66.9 Å². The van der Waals surface area contributed by atoms with Crippen molar-refractivity contribution in [3.05, 3.63) is 42.5 Å². The maximum atomic E-state index is 13.1. The summed E-state index contributed by atoms with van der Waals surface area (Å²) in [6, 6.07) is 5.19. The normalized spacial score (nSPS) is 17.8. The minimum absolute atomic E-state index is 0.0777. The zero-order valence-corrected chi connectivity index (χ0v) is 13.7. The highest BCUT2D eigenvalue weighted by atomic mass is 19.4. The quantitative estimate of drug-likeness (QED) is 0.769. The fourth-order valence-corrected chi connectivity index (χ4v) is 3.26. The number of H-pyrrole nitrogens is 1. The number of rotatable bonds is 4. The number of para-hydroxylation sites is 1. The van der Waals surface area contributed by atoms with Gasteiger partial charge in [0.15, 0.2) is 11.5 Å². The molecule has 26 heavy (non-hydrogen) atoms. The number of nitrogens with one attached hydrogen (secondary N) is 1. The van der Waals surface area contributed by atoms with Gasteiger partial charge in [0.1, 0.15) is 24.2 Å². The van der Waals surface area contributed by atoms with Gasteiger partial charge in [0, 0.05) is 6.54 Å². The highest BCUT2D eigenvalue weighted by molar-refractivity contribution is 5.83. The minimum atomic E-state index is -4.44. The summed E-state index contributed by atoms with van der Waals surface area (Å²) in [6.07, 6.45) is 0.268. The molecule has 0 spiro atoms. The maximum Gasteiger partial charge on any atom is 0.419 e. The molecule has 0 radical (unpaired) electrons. The lowest BCUT2D eigenvalue weighted by Crippen LogP contribution is -2.35. The number of benzene rings is 1. The number of aromatic nitrogens is 4. The number of fused-ring (bicyclic) bond motifs is 1. The van der Waals surface area contributed by atoms with Gasteiger partial charge < -0.3 is 14.6 Å². The van der Waals surface area contributed by atoms with Crippen LogP contribution in [0.2, 0.25) is 0 Å². The van der Waals surface area contributed by atoms with Crippen LogP contribution in [0.3, 0.4) is 0 Å². The van der Waals surface area contributed by atoms with Crippen molar-refractivity contribution in [2.45, 2.75) is 25.1 Å². The summed E-state index contributed by atoms with van der Waals surface area (Å²) < 4.78 is 44.9. The van der Waals surface area contributed by atoms with Gasteiger partial charge in [-0.2, -0.15) is 13.2 Å². The third kappa shape index (κ3) is 3.04. The second-order valence-electron chi connectivity index (χ2n) is 6.09. The SMILES string of the molecule is FC(F)(F)c1ccccc1OCC1CCCN1c1ncnc2[nH]cnc12. The van der Waals surface area contributed by atoms with Crippen LogP contribution in [0, 0.1) is 0 Å². The lowest BCUT2D eigenvalue weighted by molar-refractivity contribution is -0.139. The Morgan fingerprint density at radius 1 is 1.19 bits per heavy atom. The van der Waals surface area contributed by atoms with Crippen molar-refractivity contribution in [2.24, 2.45) is 0 Å². The van der Waals surface area contributed by atoms with E-state index in [2.05, 4.69) is 19.9 Å². The van der Waals surface area contributed by atoms with Gasteiger partial charge >= 0.3 is 6.18 Å². The largest absolute Gasteiger partial charge is 0.491 e. The fourth-order valence-electron chi connectivity index (χ4n) is 3.26. The summed E-state index contributed by atoms with van der Waals surface area (Å²) in [6.45, 7) is 0.886. The molecule has 0 amide bonds. The minimum Gasteiger partial charge on any atom is -0.491 e. The van der Waals surface area contributed by atoms with Gasteiger partial charge in [-0.25, -0.2) is 15.0 Å². The lowest BCUT2D eigenvalue weighted by Gasteiger charge is -2.26. The Labute approximate surface area is 147 Å². The van der Waals surface area contributed by atoms with E-state index < -0.39 is 11.7 Å². The molecule has 1 unspecified atom stereocenters. The van der Waals surface area contributed by atoms with Crippen LogP contribution >= 0.6 is 0 Å². The molecule has 4 rings (SSSR count). The zero-order chi connectivity index (χ0) is 18.1. The second kappa shape index (κ2) is 6.47. The highest BCUT2D eigenvalue weighted by Crippen LogP contribution is 2.36. The molecule has 1 N–H and O–H groups in total. The van der Waals surface area contributed by atoms with Gasteiger partial charge in [-0.3, -0.25) is 0 Å². The van der Waals surface area contributed by atoms with E-state index in [1.807, 2.05) is 4.90 Å². The first-order valence-electron chi connectivity index (χ1n) is 8.24. The van der Waals surface area contributed by atoms with Gasteiger partial charge in [-0.15, -0.1) is 0 Å². The van der Waals surface area contributed by atoms with Crippen LogP contribution in [0.25, 0.3) is 11.2 Å². The van der Waals surface area contributed by atoms with E-state index in [1.54, 1.807) is 6.33 Å². The van der Waals surface area contributed by atoms with Crippen molar-refractivity contribution in [2.75, 3.05) is 18.1 Å². The number of halogens is 3. The van der Waals surface area contributed by atoms with Gasteiger partial charge in [0.2, 0.25) is 0 Å². The van der Waals surface area contributed by atoms with E-state index >= 15 is 0 Å². The summed E-state index contributed by atoms with van der Waals surface area (Å²) in [5.74, 6) is 0.519. The monoisotopic (exact) mass is 363 g/mol. The summed E-state index contributed by atoms with van der Waals surface area (Å²) in [5, 5.41) is 0. The number of alkyl halides is 3. The maximum absolute atomic E-state index is 13.1. The molecular weight excluding hydrogens is 347 g/mol. The van der Waals surface area contributed by atoms with Crippen molar-refractivity contribution in [1.82, 2.24) is 19.9 Å². The molecule has 1 aliphatic rings. The number of ether oxygens (including phenoxy) is 1. The van der Waals surface area contributed by atoms with E-state index in [4.69, 9.17) is 4.74 Å². The number of hydrogen-bond acceptors (Lipinski definition) is 5. The smallest absolute Gasteiger partial charge is 0.419 e. The van der Waals surface area contributed by atoms with Crippen LogP contribution in [0.4, 0.5) is 19.0 Å². The van der Waals surface area contributed by atoms with Crippen molar-refractivity contribution >= 4 is 17.0 Å². The molecule has 3 heterocycles. The third-order valence-electron chi connectivity index (χ3n) is 4.47. The van der Waals surface area contributed by atoms with Gasteiger partial charge in [0.25, 0.3) is 0 Å². The van der Waals surface area contributed by atoms with Gasteiger partial charge in [-0.1, -0.05) is 12.1 Å². The molecule has 0 aliphatic carbocycles. The summed E-state index contributed by atoms with van der Waals surface area (Å²) in [4.78, 5) is 17.7. The Bertz CT molecular complexity index is 911. The fraction of sp³-hybridized carbons (Fsp3) is 0.353. The van der Waals surface area contributed by atoms with Crippen molar-refractivity contribution < 1.29 is 17.9 Å². The molecule has 1 saturated heterocycles. The molecule has 0 saturated carbocycles. The van der Waals surface area contributed by atoms with E-state index in [9.17, 15) is 13.2 Å². The summed E-state index contributed by atoms with van der Waals surface area (Å²) >= 11 is 0. The average molecular weight is 363 g/mol. The Morgan fingerprint density at radius 3 is 2.88 bits per heavy atom. The number of imidazole rings is 1. The summed E-state index contributed by atoms with van der Waals surface area (Å²) in [5.41, 5.74) is 0.514. The molecule has 1 fully saturated rings. The molecule has 1 aromatic carbocycles. The molecule has 6 nitrogen and oxygen atoms in total. The second-order valence-corrected chi connectivity index (χ2v) is 6.09. The van der Waals surface area contributed by atoms with Crippen LogP contribution in [-0.4, -0.2) is 39.1 Å². The number of anilines is 1. The summed E-state index contributed by atoms with van der Waals surface area (Å²) in [7, 11) is 0. The number of aromatic amines is 1. The predicted molar refractivity (Wildman–Crippen MR) is 89.0 cm³/mol. The first kappa shape index (κ1) is 16.6. The Kier molecular flexibility index (Phi) is 4.14. The molecule has 136 valence electrons. The lowest BCUT2D eigenvalue weighted by atomic mass is 10.2. The van der Waals surface area contributed by atoms with E-state index in [-0.39, 0.29) is 18.4 Å². The first-order chi connectivity index (χ1) is 12.5. The number of hydrogen-bond donors (Lipinski definition) is 1. The Morgan fingerprint density at radius 2 is 2.04 bits per heavy atom. The van der Waals surface area contributed by atoms with Crippen LogP contribution in [-0.2, 0) is 6.18 Å². The van der Waals surface area contributed by atoms with E-state index in [0.29, 0.717) is 17.0 Å². The molecule has 3 aromatic rings.